The second-order valence-electron chi connectivity index (χ2n) is 4.70. The zero-order valence-corrected chi connectivity index (χ0v) is 10.6. The van der Waals surface area contributed by atoms with Crippen LogP contribution in [0.5, 0.6) is 0 Å². The van der Waals surface area contributed by atoms with Crippen molar-refractivity contribution in [2.45, 2.75) is 31.7 Å². The molecular weight excluding hydrogens is 230 g/mol. The molecule has 0 saturated heterocycles. The maximum absolute atomic E-state index is 3.85. The van der Waals surface area contributed by atoms with Crippen LogP contribution in [0.15, 0.2) is 30.5 Å². The van der Waals surface area contributed by atoms with Gasteiger partial charge in [0.15, 0.2) is 0 Å². The largest absolute Gasteiger partial charge is 0.372 e. The topological polar surface area (TPSA) is 37.8 Å². The Morgan fingerprint density at radius 3 is 2.65 bits per heavy atom. The normalized spacial score (nSPS) is 23.1. The molecule has 1 N–H and O–H groups in total. The van der Waals surface area contributed by atoms with Crippen molar-refractivity contribution >= 4 is 16.5 Å². The first kappa shape index (κ1) is 10.7. The predicted octanol–water partition coefficient (Wildman–Crippen LogP) is 3.20. The van der Waals surface area contributed by atoms with Gasteiger partial charge in [0.05, 0.1) is 6.20 Å². The highest BCUT2D eigenvalue weighted by Crippen LogP contribution is 2.38. The van der Waals surface area contributed by atoms with E-state index in [0.29, 0.717) is 12.0 Å². The van der Waals surface area contributed by atoms with Crippen LogP contribution in [0, 0.1) is 6.92 Å². The van der Waals surface area contributed by atoms with Crippen LogP contribution in [-0.2, 0) is 0 Å². The van der Waals surface area contributed by atoms with E-state index in [9.17, 15) is 0 Å². The first-order valence-electron chi connectivity index (χ1n) is 5.92. The molecule has 0 amide bonds. The molecule has 2 aromatic rings. The number of hydrogen-bond acceptors (Lipinski definition) is 4. The first-order chi connectivity index (χ1) is 8.31. The molecule has 3 rings (SSSR count). The van der Waals surface area contributed by atoms with Crippen molar-refractivity contribution in [3.63, 3.8) is 0 Å². The third kappa shape index (κ3) is 2.31. The molecule has 0 unspecified atom stereocenters. The molecule has 0 bridgehead atoms. The Bertz CT molecular complexity index is 472. The summed E-state index contributed by atoms with van der Waals surface area (Å²) in [5.74, 6) is 0.717. The third-order valence-corrected chi connectivity index (χ3v) is 3.99. The van der Waals surface area contributed by atoms with Crippen molar-refractivity contribution in [1.82, 2.24) is 9.59 Å². The minimum atomic E-state index is 0.587. The molecule has 1 fully saturated rings. The van der Waals surface area contributed by atoms with Crippen molar-refractivity contribution in [2.75, 3.05) is 5.32 Å². The molecule has 3 nitrogen and oxygen atoms in total. The fourth-order valence-electron chi connectivity index (χ4n) is 2.28. The van der Waals surface area contributed by atoms with E-state index >= 15 is 0 Å². The Kier molecular flexibility index (Phi) is 2.81. The highest BCUT2D eigenvalue weighted by Gasteiger charge is 2.30. The van der Waals surface area contributed by atoms with Crippen LogP contribution >= 0.6 is 11.5 Å². The average Bonchev–Trinajstić information content (AvgIpc) is 2.77. The number of anilines is 1. The maximum Gasteiger partial charge on any atom is 0.130 e. The number of nitrogens with one attached hydrogen (secondary N) is 1. The molecule has 1 aliphatic carbocycles. The summed E-state index contributed by atoms with van der Waals surface area (Å²) in [7, 11) is 0. The Balaban J connectivity index is 1.56. The van der Waals surface area contributed by atoms with Gasteiger partial charge in [-0.2, -0.15) is 0 Å². The zero-order chi connectivity index (χ0) is 11.7. The molecule has 1 heterocycles. The van der Waals surface area contributed by atoms with Crippen LogP contribution in [0.3, 0.4) is 0 Å². The molecule has 0 atom stereocenters. The lowest BCUT2D eigenvalue weighted by atomic mass is 9.76. The van der Waals surface area contributed by atoms with Gasteiger partial charge < -0.3 is 5.32 Å². The van der Waals surface area contributed by atoms with Gasteiger partial charge in [0.25, 0.3) is 0 Å². The van der Waals surface area contributed by atoms with Crippen molar-refractivity contribution in [3.05, 3.63) is 41.6 Å². The smallest absolute Gasteiger partial charge is 0.130 e. The van der Waals surface area contributed by atoms with Crippen LogP contribution in [0.1, 0.15) is 29.9 Å². The van der Waals surface area contributed by atoms with Crippen molar-refractivity contribution in [3.8, 4) is 0 Å². The monoisotopic (exact) mass is 245 g/mol. The highest BCUT2D eigenvalue weighted by molar-refractivity contribution is 7.09. The van der Waals surface area contributed by atoms with Gasteiger partial charge in [0.1, 0.15) is 5.00 Å². The van der Waals surface area contributed by atoms with E-state index in [2.05, 4.69) is 46.1 Å². The quantitative estimate of drug-likeness (QED) is 0.902. The van der Waals surface area contributed by atoms with E-state index in [1.165, 1.54) is 35.5 Å². The van der Waals surface area contributed by atoms with Gasteiger partial charge in [-0.3, -0.25) is 0 Å². The number of rotatable bonds is 3. The lowest BCUT2D eigenvalue weighted by Gasteiger charge is -2.36. The van der Waals surface area contributed by atoms with Crippen LogP contribution in [0.25, 0.3) is 0 Å². The van der Waals surface area contributed by atoms with Gasteiger partial charge >= 0.3 is 0 Å². The molecule has 1 saturated carbocycles. The fraction of sp³-hybridized carbons (Fsp3) is 0.385. The van der Waals surface area contributed by atoms with Gasteiger partial charge in [0, 0.05) is 17.6 Å². The van der Waals surface area contributed by atoms with Crippen molar-refractivity contribution in [1.29, 1.82) is 0 Å². The van der Waals surface area contributed by atoms with Gasteiger partial charge in [-0.1, -0.05) is 34.3 Å². The molecule has 0 aliphatic heterocycles. The summed E-state index contributed by atoms with van der Waals surface area (Å²) in [4.78, 5) is 0. The Morgan fingerprint density at radius 2 is 2.00 bits per heavy atom. The number of benzene rings is 1. The molecule has 17 heavy (non-hydrogen) atoms. The van der Waals surface area contributed by atoms with Crippen LogP contribution in [0.4, 0.5) is 5.00 Å². The molecule has 1 aromatic carbocycles. The van der Waals surface area contributed by atoms with Crippen molar-refractivity contribution < 1.29 is 0 Å². The van der Waals surface area contributed by atoms with Crippen LogP contribution in [-0.4, -0.2) is 15.6 Å². The average molecular weight is 245 g/mol. The summed E-state index contributed by atoms with van der Waals surface area (Å²) < 4.78 is 3.85. The van der Waals surface area contributed by atoms with E-state index in [-0.39, 0.29) is 0 Å². The third-order valence-electron chi connectivity index (χ3n) is 3.39. The predicted molar refractivity (Wildman–Crippen MR) is 70.5 cm³/mol. The SMILES string of the molecule is Cc1ccc(C2CC(Nc3cnns3)C2)cc1. The minimum absolute atomic E-state index is 0.587. The van der Waals surface area contributed by atoms with E-state index in [4.69, 9.17) is 0 Å². The lowest BCUT2D eigenvalue weighted by molar-refractivity contribution is 0.374. The van der Waals surface area contributed by atoms with Gasteiger partial charge in [-0.05, 0) is 31.2 Å². The second kappa shape index (κ2) is 4.45. The fourth-order valence-corrected chi connectivity index (χ4v) is 2.77. The summed E-state index contributed by atoms with van der Waals surface area (Å²) >= 11 is 1.43. The van der Waals surface area contributed by atoms with Crippen LogP contribution < -0.4 is 5.32 Å². The minimum Gasteiger partial charge on any atom is -0.372 e. The Morgan fingerprint density at radius 1 is 1.24 bits per heavy atom. The van der Waals surface area contributed by atoms with E-state index in [1.54, 1.807) is 6.20 Å². The second-order valence-corrected chi connectivity index (χ2v) is 5.49. The number of aromatic nitrogens is 2. The van der Waals surface area contributed by atoms with Gasteiger partial charge in [-0.15, -0.1) is 5.10 Å². The molecular formula is C13H15N3S. The summed E-state index contributed by atoms with van der Waals surface area (Å²) in [6.45, 7) is 2.13. The van der Waals surface area contributed by atoms with Crippen molar-refractivity contribution in [2.24, 2.45) is 0 Å². The lowest BCUT2D eigenvalue weighted by Crippen LogP contribution is -2.33. The summed E-state index contributed by atoms with van der Waals surface area (Å²) in [6, 6.07) is 9.49. The standard InChI is InChI=1S/C13H15N3S/c1-9-2-4-10(5-3-9)11-6-12(7-11)15-13-8-14-16-17-13/h2-5,8,11-12,15H,6-7H2,1H3. The summed E-state index contributed by atoms with van der Waals surface area (Å²) in [6.07, 6.45) is 4.21. The first-order valence-corrected chi connectivity index (χ1v) is 6.69. The van der Waals surface area contributed by atoms with E-state index in [0.717, 1.165) is 5.00 Å². The highest BCUT2D eigenvalue weighted by atomic mass is 32.1. The maximum atomic E-state index is 3.85. The molecule has 4 heteroatoms. The van der Waals surface area contributed by atoms with Crippen LogP contribution in [0.2, 0.25) is 0 Å². The summed E-state index contributed by atoms with van der Waals surface area (Å²) in [5, 5.41) is 8.37. The molecule has 0 spiro atoms. The zero-order valence-electron chi connectivity index (χ0n) is 9.76. The van der Waals surface area contributed by atoms with Gasteiger partial charge in [-0.25, -0.2) is 0 Å². The Labute approximate surface area is 105 Å². The Hall–Kier alpha value is -1.42. The summed E-state index contributed by atoms with van der Waals surface area (Å²) in [5.41, 5.74) is 2.80. The molecule has 1 aromatic heterocycles. The molecule has 0 radical (unpaired) electrons. The molecule has 88 valence electrons. The number of hydrogen-bond donors (Lipinski definition) is 1. The number of nitrogens with zero attached hydrogens (tertiary/aromatic N) is 2. The van der Waals surface area contributed by atoms with E-state index in [1.807, 2.05) is 0 Å². The van der Waals surface area contributed by atoms with Gasteiger partial charge in [0.2, 0.25) is 0 Å². The molecule has 1 aliphatic rings. The van der Waals surface area contributed by atoms with E-state index < -0.39 is 0 Å². The number of aryl methyl sites for hydroxylation is 1.